The Morgan fingerprint density at radius 1 is 1.26 bits per heavy atom. The fourth-order valence-electron chi connectivity index (χ4n) is 4.69. The summed E-state index contributed by atoms with van der Waals surface area (Å²) in [6.07, 6.45) is 0.283. The second-order valence-electron chi connectivity index (χ2n) is 8.94. The van der Waals surface area contributed by atoms with E-state index in [1.807, 2.05) is 37.3 Å². The van der Waals surface area contributed by atoms with E-state index in [2.05, 4.69) is 11.9 Å². The molecule has 2 heterocycles. The standard InChI is InChI=1S/C26H29N3O5S/c1-4-13-29-25(34)22-26(29,3)35-15-28(22)24(33)21(31)19(14-17-9-6-5-7-10-17)27-23(32)18-11-8-12-20(30)16(18)2/h4-12,19,21-22,30-31H,1,13-15H2,2-3H3,(H,27,32)/t19-,21-,22+,26?/m0/s1. The summed E-state index contributed by atoms with van der Waals surface area (Å²) in [4.78, 5) is 41.8. The molecule has 2 aliphatic rings. The van der Waals surface area contributed by atoms with Gasteiger partial charge in [-0.1, -0.05) is 42.5 Å². The second kappa shape index (κ2) is 9.75. The third-order valence-corrected chi connectivity index (χ3v) is 8.18. The fourth-order valence-corrected chi connectivity index (χ4v) is 6.07. The normalized spacial score (nSPS) is 22.7. The van der Waals surface area contributed by atoms with Crippen molar-refractivity contribution in [1.82, 2.24) is 15.1 Å². The minimum Gasteiger partial charge on any atom is -0.508 e. The van der Waals surface area contributed by atoms with E-state index in [9.17, 15) is 24.6 Å². The van der Waals surface area contributed by atoms with Crippen LogP contribution in [0.1, 0.15) is 28.4 Å². The number of hydrogen-bond acceptors (Lipinski definition) is 6. The summed E-state index contributed by atoms with van der Waals surface area (Å²) in [7, 11) is 0. The number of aliphatic hydroxyl groups is 1. The number of hydrogen-bond donors (Lipinski definition) is 3. The number of likely N-dealkylation sites (tertiary alicyclic amines) is 1. The van der Waals surface area contributed by atoms with E-state index in [4.69, 9.17) is 0 Å². The smallest absolute Gasteiger partial charge is 0.255 e. The van der Waals surface area contributed by atoms with Gasteiger partial charge in [0.1, 0.15) is 16.7 Å². The van der Waals surface area contributed by atoms with E-state index in [1.165, 1.54) is 22.7 Å². The molecule has 2 fully saturated rings. The van der Waals surface area contributed by atoms with Gasteiger partial charge in [0.05, 0.1) is 11.9 Å². The van der Waals surface area contributed by atoms with E-state index in [0.717, 1.165) is 5.56 Å². The van der Waals surface area contributed by atoms with Gasteiger partial charge in [-0.3, -0.25) is 14.4 Å². The first-order chi connectivity index (χ1) is 16.7. The zero-order chi connectivity index (χ0) is 25.3. The van der Waals surface area contributed by atoms with Gasteiger partial charge in [-0.15, -0.1) is 18.3 Å². The molecule has 35 heavy (non-hydrogen) atoms. The molecule has 0 spiro atoms. The van der Waals surface area contributed by atoms with E-state index < -0.39 is 34.9 Å². The number of rotatable bonds is 8. The van der Waals surface area contributed by atoms with Crippen LogP contribution in [0.25, 0.3) is 0 Å². The molecule has 2 aromatic rings. The molecule has 0 saturated carbocycles. The molecule has 0 radical (unpaired) electrons. The van der Waals surface area contributed by atoms with E-state index in [0.29, 0.717) is 12.1 Å². The second-order valence-corrected chi connectivity index (χ2v) is 10.3. The average Bonchev–Trinajstić information content (AvgIpc) is 3.17. The van der Waals surface area contributed by atoms with Crippen LogP contribution in [0.5, 0.6) is 5.75 Å². The number of phenols is 1. The lowest BCUT2D eigenvalue weighted by molar-refractivity contribution is -0.166. The van der Waals surface area contributed by atoms with Gasteiger partial charge in [0, 0.05) is 17.7 Å². The maximum atomic E-state index is 13.4. The summed E-state index contributed by atoms with van der Waals surface area (Å²) in [6, 6.07) is 12.2. The van der Waals surface area contributed by atoms with Gasteiger partial charge in [-0.2, -0.15) is 0 Å². The number of carbonyl (C=O) groups excluding carboxylic acids is 3. The molecule has 9 heteroatoms. The minimum absolute atomic E-state index is 0.0187. The number of β-lactam (4-membered cyclic amide) rings is 1. The molecule has 2 saturated heterocycles. The number of nitrogens with one attached hydrogen (secondary N) is 1. The molecule has 1 unspecified atom stereocenters. The molecule has 2 aliphatic heterocycles. The Bertz CT molecular complexity index is 1160. The quantitative estimate of drug-likeness (QED) is 0.382. The molecule has 3 amide bonds. The van der Waals surface area contributed by atoms with Crippen LogP contribution in [-0.2, 0) is 16.0 Å². The summed E-state index contributed by atoms with van der Waals surface area (Å²) in [5.41, 5.74) is 1.48. The summed E-state index contributed by atoms with van der Waals surface area (Å²) < 4.78 is 0. The first kappa shape index (κ1) is 24.8. The first-order valence-corrected chi connectivity index (χ1v) is 12.4. The highest BCUT2D eigenvalue weighted by atomic mass is 32.2. The van der Waals surface area contributed by atoms with Gasteiger partial charge in [-0.25, -0.2) is 0 Å². The van der Waals surface area contributed by atoms with E-state index in [-0.39, 0.29) is 29.5 Å². The van der Waals surface area contributed by atoms with E-state index >= 15 is 0 Å². The number of aromatic hydroxyl groups is 1. The molecule has 3 N–H and O–H groups in total. The number of amides is 3. The van der Waals surface area contributed by atoms with Crippen LogP contribution in [0, 0.1) is 6.92 Å². The lowest BCUT2D eigenvalue weighted by Crippen LogP contribution is -2.73. The number of nitrogens with zero attached hydrogens (tertiary/aromatic N) is 2. The predicted octanol–water partition coefficient (Wildman–Crippen LogP) is 2.05. The Morgan fingerprint density at radius 3 is 2.66 bits per heavy atom. The molecule has 2 aromatic carbocycles. The number of phenolic OH excluding ortho intramolecular Hbond substituents is 1. The maximum Gasteiger partial charge on any atom is 0.255 e. The van der Waals surface area contributed by atoms with E-state index in [1.54, 1.807) is 30.0 Å². The Hall–Kier alpha value is -3.30. The molecule has 4 atom stereocenters. The Morgan fingerprint density at radius 2 is 1.97 bits per heavy atom. The van der Waals surface area contributed by atoms with Gasteiger partial charge >= 0.3 is 0 Å². The average molecular weight is 496 g/mol. The van der Waals surface area contributed by atoms with Crippen molar-refractivity contribution in [3.05, 3.63) is 77.9 Å². The fraction of sp³-hybridized carbons (Fsp3) is 0.346. The van der Waals surface area contributed by atoms with Gasteiger partial charge < -0.3 is 25.3 Å². The molecule has 0 bridgehead atoms. The van der Waals surface area contributed by atoms with Crippen LogP contribution < -0.4 is 5.32 Å². The van der Waals surface area contributed by atoms with Crippen molar-refractivity contribution in [2.24, 2.45) is 0 Å². The largest absolute Gasteiger partial charge is 0.508 e. The van der Waals surface area contributed by atoms with Crippen LogP contribution in [0.4, 0.5) is 0 Å². The summed E-state index contributed by atoms with van der Waals surface area (Å²) >= 11 is 1.47. The molecule has 184 valence electrons. The van der Waals surface area contributed by atoms with Crippen molar-refractivity contribution >= 4 is 29.5 Å². The first-order valence-electron chi connectivity index (χ1n) is 11.4. The van der Waals surface area contributed by atoms with Crippen molar-refractivity contribution in [3.63, 3.8) is 0 Å². The van der Waals surface area contributed by atoms with Crippen LogP contribution >= 0.6 is 11.8 Å². The highest BCUT2D eigenvalue weighted by molar-refractivity contribution is 8.01. The van der Waals surface area contributed by atoms with Crippen molar-refractivity contribution in [3.8, 4) is 5.75 Å². The lowest BCUT2D eigenvalue weighted by atomic mass is 9.93. The third-order valence-electron chi connectivity index (χ3n) is 6.74. The van der Waals surface area contributed by atoms with Crippen molar-refractivity contribution in [1.29, 1.82) is 0 Å². The third kappa shape index (κ3) is 4.41. The zero-order valence-electron chi connectivity index (χ0n) is 19.7. The Labute approximate surface area is 208 Å². The number of fused-ring (bicyclic) bond motifs is 1. The molecule has 0 aliphatic carbocycles. The van der Waals surface area contributed by atoms with Crippen LogP contribution in [0.15, 0.2) is 61.2 Å². The van der Waals surface area contributed by atoms with Crippen LogP contribution in [0.2, 0.25) is 0 Å². The van der Waals surface area contributed by atoms with Gasteiger partial charge in [0.15, 0.2) is 6.10 Å². The highest BCUT2D eigenvalue weighted by Crippen LogP contribution is 2.50. The maximum absolute atomic E-state index is 13.4. The van der Waals surface area contributed by atoms with Crippen LogP contribution in [-0.4, -0.2) is 73.2 Å². The van der Waals surface area contributed by atoms with Crippen molar-refractivity contribution in [2.75, 3.05) is 12.4 Å². The van der Waals surface area contributed by atoms with Crippen molar-refractivity contribution in [2.45, 2.75) is 43.3 Å². The number of benzene rings is 2. The Kier molecular flexibility index (Phi) is 6.91. The molecule has 8 nitrogen and oxygen atoms in total. The topological polar surface area (TPSA) is 110 Å². The van der Waals surface area contributed by atoms with Gasteiger partial charge in [-0.05, 0) is 38.0 Å². The lowest BCUT2D eigenvalue weighted by Gasteiger charge is -2.52. The van der Waals surface area contributed by atoms with Gasteiger partial charge in [0.25, 0.3) is 11.8 Å². The van der Waals surface area contributed by atoms with Crippen molar-refractivity contribution < 1.29 is 24.6 Å². The highest BCUT2D eigenvalue weighted by Gasteiger charge is 2.65. The monoisotopic (exact) mass is 495 g/mol. The molecule has 0 aromatic heterocycles. The van der Waals surface area contributed by atoms with Crippen LogP contribution in [0.3, 0.4) is 0 Å². The predicted molar refractivity (Wildman–Crippen MR) is 134 cm³/mol. The summed E-state index contributed by atoms with van der Waals surface area (Å²) in [5, 5.41) is 24.0. The minimum atomic E-state index is -1.57. The van der Waals surface area contributed by atoms with Gasteiger partial charge in [0.2, 0.25) is 5.91 Å². The Balaban J connectivity index is 1.57. The molecular weight excluding hydrogens is 466 g/mol. The number of thioether (sulfide) groups is 1. The number of aliphatic hydroxyl groups excluding tert-OH is 1. The molecular formula is C26H29N3O5S. The molecule has 4 rings (SSSR count). The zero-order valence-corrected chi connectivity index (χ0v) is 20.5. The summed E-state index contributed by atoms with van der Waals surface area (Å²) in [5.74, 6) is -1.06. The number of carbonyl (C=O) groups is 3. The SMILES string of the molecule is C=CCN1C(=O)[C@H]2N(C(=O)[C@@H](O)[C@H](Cc3ccccc3)NC(=O)c3cccc(O)c3C)CSC21C. The summed E-state index contributed by atoms with van der Waals surface area (Å²) in [6.45, 7) is 7.61.